The van der Waals surface area contributed by atoms with E-state index in [1.165, 1.54) is 23.8 Å². The predicted octanol–water partition coefficient (Wildman–Crippen LogP) is 5.30. The van der Waals surface area contributed by atoms with E-state index < -0.39 is 12.1 Å². The van der Waals surface area contributed by atoms with Crippen molar-refractivity contribution in [2.75, 3.05) is 32.3 Å². The first kappa shape index (κ1) is 30.5. The summed E-state index contributed by atoms with van der Waals surface area (Å²) in [5.41, 5.74) is 2.48. The van der Waals surface area contributed by atoms with Crippen LogP contribution in [0.3, 0.4) is 0 Å². The van der Waals surface area contributed by atoms with E-state index in [-0.39, 0.29) is 28.1 Å². The molecule has 39 heavy (non-hydrogen) atoms. The molecule has 2 aromatic heterocycles. The van der Waals surface area contributed by atoms with Crippen LogP contribution in [0.15, 0.2) is 17.3 Å². The summed E-state index contributed by atoms with van der Waals surface area (Å²) in [6.45, 7) is 9.93. The Hall–Kier alpha value is -3.09. The Kier molecular flexibility index (Phi) is 10.0. The fraction of sp³-hybridized carbons (Fsp3) is 0.423. The summed E-state index contributed by atoms with van der Waals surface area (Å²) in [7, 11) is 4.50. The highest BCUT2D eigenvalue weighted by molar-refractivity contribution is 7.99. The molecule has 13 heteroatoms. The highest BCUT2D eigenvalue weighted by Crippen LogP contribution is 2.35. The van der Waals surface area contributed by atoms with Crippen LogP contribution in [0.4, 0.5) is 5.00 Å². The van der Waals surface area contributed by atoms with E-state index in [9.17, 15) is 14.4 Å². The fourth-order valence-electron chi connectivity index (χ4n) is 3.89. The number of hydrogen-bond donors (Lipinski definition) is 1. The van der Waals surface area contributed by atoms with E-state index in [2.05, 4.69) is 15.5 Å². The first-order chi connectivity index (χ1) is 18.4. The summed E-state index contributed by atoms with van der Waals surface area (Å²) in [6, 6.07) is 3.76. The molecule has 0 aliphatic heterocycles. The molecule has 1 N–H and O–H groups in total. The third kappa shape index (κ3) is 6.74. The van der Waals surface area contributed by atoms with Crippen LogP contribution in [0, 0.1) is 20.8 Å². The lowest BCUT2D eigenvalue weighted by Gasteiger charge is -2.17. The Balaban J connectivity index is 1.74. The van der Waals surface area contributed by atoms with Crippen LogP contribution in [-0.2, 0) is 16.1 Å². The molecule has 0 saturated heterocycles. The Labute approximate surface area is 241 Å². The molecule has 0 aliphatic carbocycles. The monoisotopic (exact) mass is 593 g/mol. The van der Waals surface area contributed by atoms with Crippen molar-refractivity contribution in [3.8, 4) is 5.75 Å². The van der Waals surface area contributed by atoms with E-state index in [0.717, 1.165) is 22.5 Å². The molecule has 1 atom stereocenters. The number of hydrogen-bond acceptors (Lipinski definition) is 9. The van der Waals surface area contributed by atoms with Crippen molar-refractivity contribution in [2.24, 2.45) is 0 Å². The van der Waals surface area contributed by atoms with E-state index in [0.29, 0.717) is 38.7 Å². The number of thioether (sulfide) groups is 1. The number of halogens is 1. The quantitative estimate of drug-likeness (QED) is 0.249. The van der Waals surface area contributed by atoms with Crippen molar-refractivity contribution >= 4 is 57.5 Å². The number of amides is 2. The molecule has 210 valence electrons. The molecule has 0 radical (unpaired) electrons. The molecular weight excluding hydrogens is 562 g/mol. The van der Waals surface area contributed by atoms with Gasteiger partial charge in [0, 0.05) is 25.7 Å². The summed E-state index contributed by atoms with van der Waals surface area (Å²) in [4.78, 5) is 39.6. The van der Waals surface area contributed by atoms with Gasteiger partial charge in [0.25, 0.3) is 5.91 Å². The average molecular weight is 594 g/mol. The van der Waals surface area contributed by atoms with Gasteiger partial charge in [0.2, 0.25) is 5.91 Å². The predicted molar refractivity (Wildman–Crippen MR) is 153 cm³/mol. The zero-order valence-corrected chi connectivity index (χ0v) is 25.6. The van der Waals surface area contributed by atoms with Crippen LogP contribution in [0.2, 0.25) is 5.02 Å². The maximum atomic E-state index is 12.9. The molecule has 3 aromatic rings. The largest absolute Gasteiger partial charge is 0.483 e. The normalized spacial score (nSPS) is 11.7. The SMILES string of the molecule is CCn1c(SCC(=O)Nc2sc(C(=O)N(C)C)c(C)c2C(=O)OC)nnc1C(C)Oc1cc(C)c(Cl)c(C)c1. The van der Waals surface area contributed by atoms with E-state index in [1.807, 2.05) is 44.4 Å². The molecule has 1 aromatic carbocycles. The molecule has 0 spiro atoms. The molecule has 3 rings (SSSR count). The Morgan fingerprint density at radius 1 is 1.18 bits per heavy atom. The van der Waals surface area contributed by atoms with Gasteiger partial charge in [-0.15, -0.1) is 21.5 Å². The number of thiophene rings is 1. The third-order valence-corrected chi connectivity index (χ3v) is 8.63. The number of carbonyl (C=O) groups is 3. The van der Waals surface area contributed by atoms with Gasteiger partial charge in [0.1, 0.15) is 10.8 Å². The van der Waals surface area contributed by atoms with Gasteiger partial charge in [-0.25, -0.2) is 4.79 Å². The molecule has 0 fully saturated rings. The highest BCUT2D eigenvalue weighted by Gasteiger charge is 2.27. The summed E-state index contributed by atoms with van der Waals surface area (Å²) < 4.78 is 12.9. The number of anilines is 1. The van der Waals surface area contributed by atoms with Gasteiger partial charge < -0.3 is 24.3 Å². The Bertz CT molecular complexity index is 1380. The highest BCUT2D eigenvalue weighted by atomic mass is 35.5. The number of nitrogens with one attached hydrogen (secondary N) is 1. The second-order valence-electron chi connectivity index (χ2n) is 9.00. The number of esters is 1. The molecule has 0 saturated carbocycles. The lowest BCUT2D eigenvalue weighted by Crippen LogP contribution is -2.21. The van der Waals surface area contributed by atoms with Gasteiger partial charge in [0.05, 0.1) is 23.3 Å². The minimum atomic E-state index is -0.625. The van der Waals surface area contributed by atoms with Gasteiger partial charge in [0.15, 0.2) is 17.1 Å². The van der Waals surface area contributed by atoms with Crippen molar-refractivity contribution in [1.29, 1.82) is 0 Å². The van der Waals surface area contributed by atoms with Crippen molar-refractivity contribution < 1.29 is 23.9 Å². The second-order valence-corrected chi connectivity index (χ2v) is 11.3. The molecule has 2 amide bonds. The van der Waals surface area contributed by atoms with E-state index in [4.69, 9.17) is 21.1 Å². The van der Waals surface area contributed by atoms with Crippen LogP contribution in [0.25, 0.3) is 0 Å². The van der Waals surface area contributed by atoms with Crippen LogP contribution in [0.1, 0.15) is 62.5 Å². The van der Waals surface area contributed by atoms with Gasteiger partial charge in [-0.2, -0.15) is 0 Å². The first-order valence-electron chi connectivity index (χ1n) is 12.1. The number of nitrogens with zero attached hydrogens (tertiary/aromatic N) is 4. The van der Waals surface area contributed by atoms with Gasteiger partial charge in [-0.1, -0.05) is 23.4 Å². The van der Waals surface area contributed by atoms with Gasteiger partial charge >= 0.3 is 5.97 Å². The molecule has 0 bridgehead atoms. The number of rotatable bonds is 10. The summed E-state index contributed by atoms with van der Waals surface area (Å²) in [5, 5.41) is 12.9. The van der Waals surface area contributed by atoms with Crippen molar-refractivity contribution in [3.05, 3.63) is 50.1 Å². The smallest absolute Gasteiger partial charge is 0.341 e. The molecule has 10 nitrogen and oxygen atoms in total. The summed E-state index contributed by atoms with van der Waals surface area (Å²) in [5.74, 6) is 0.0673. The molecule has 0 aliphatic rings. The maximum absolute atomic E-state index is 12.9. The minimum absolute atomic E-state index is 0.0114. The molecule has 1 unspecified atom stereocenters. The lowest BCUT2D eigenvalue weighted by molar-refractivity contribution is -0.113. The van der Waals surface area contributed by atoms with Crippen LogP contribution < -0.4 is 10.1 Å². The fourth-order valence-corrected chi connectivity index (χ4v) is 6.04. The number of methoxy groups -OCH3 is 1. The summed E-state index contributed by atoms with van der Waals surface area (Å²) >= 11 is 8.53. The molecular formula is C26H32ClN5O5S2. The third-order valence-electron chi connectivity index (χ3n) is 5.87. The number of benzene rings is 1. The number of carbonyl (C=O) groups excluding carboxylic acids is 3. The summed E-state index contributed by atoms with van der Waals surface area (Å²) in [6.07, 6.45) is -0.398. The first-order valence-corrected chi connectivity index (χ1v) is 14.3. The topological polar surface area (TPSA) is 116 Å². The minimum Gasteiger partial charge on any atom is -0.483 e. The van der Waals surface area contributed by atoms with Crippen LogP contribution in [0.5, 0.6) is 5.75 Å². The number of aromatic nitrogens is 3. The number of aryl methyl sites for hydroxylation is 2. The van der Waals surface area contributed by atoms with Crippen LogP contribution >= 0.6 is 34.7 Å². The maximum Gasteiger partial charge on any atom is 0.341 e. The van der Waals surface area contributed by atoms with Crippen molar-refractivity contribution in [2.45, 2.75) is 52.4 Å². The zero-order valence-electron chi connectivity index (χ0n) is 23.2. The van der Waals surface area contributed by atoms with Crippen molar-refractivity contribution in [1.82, 2.24) is 19.7 Å². The molecule has 2 heterocycles. The standard InChI is InChI=1S/C26H32ClN5O5S2/c1-9-32-22(16(5)37-17-10-13(2)20(27)14(3)11-17)29-30-26(32)38-12-18(33)28-23-19(25(35)36-8)15(4)21(39-23)24(34)31(6)7/h10-11,16H,9,12H2,1-8H3,(H,28,33). The lowest BCUT2D eigenvalue weighted by atomic mass is 10.1. The van der Waals surface area contributed by atoms with Gasteiger partial charge in [-0.05, 0) is 63.4 Å². The van der Waals surface area contributed by atoms with E-state index in [1.54, 1.807) is 21.0 Å². The zero-order chi connectivity index (χ0) is 29.0. The van der Waals surface area contributed by atoms with Gasteiger partial charge in [-0.3, -0.25) is 9.59 Å². The van der Waals surface area contributed by atoms with E-state index >= 15 is 0 Å². The Morgan fingerprint density at radius 3 is 2.38 bits per heavy atom. The number of ether oxygens (including phenoxy) is 2. The van der Waals surface area contributed by atoms with Crippen molar-refractivity contribution in [3.63, 3.8) is 0 Å². The second kappa shape index (κ2) is 12.8. The van der Waals surface area contributed by atoms with Crippen LogP contribution in [-0.4, -0.2) is 64.4 Å². The Morgan fingerprint density at radius 2 is 1.82 bits per heavy atom. The average Bonchev–Trinajstić information content (AvgIpc) is 3.45.